The molecule has 0 saturated heterocycles. The summed E-state index contributed by atoms with van der Waals surface area (Å²) in [6.07, 6.45) is 0.215. The van der Waals surface area contributed by atoms with Crippen molar-refractivity contribution < 1.29 is 10.2 Å². The van der Waals surface area contributed by atoms with Gasteiger partial charge < -0.3 is 10.2 Å². The minimum atomic E-state index is -1.10. The van der Waals surface area contributed by atoms with Crippen LogP contribution in [-0.2, 0) is 0 Å². The van der Waals surface area contributed by atoms with Gasteiger partial charge in [0.25, 0.3) is 0 Å². The smallest absolute Gasteiger partial charge is 0.151 e. The Morgan fingerprint density at radius 3 is 1.86 bits per heavy atom. The molecule has 0 fully saturated rings. The number of aliphatic hydroxyl groups excluding tert-OH is 1. The Balaban J connectivity index is 0. The third-order valence-corrected chi connectivity index (χ3v) is 0.547. The molecule has 0 unspecified atom stereocenters. The Morgan fingerprint density at radius 1 is 1.43 bits per heavy atom. The predicted octanol–water partition coefficient (Wildman–Crippen LogP) is 0.715. The summed E-state index contributed by atoms with van der Waals surface area (Å²) in [7, 11) is 0. The molecular weight excluding hydrogens is 207 g/mol. The highest BCUT2D eigenvalue weighted by atomic mass is 127. The van der Waals surface area contributed by atoms with Crippen LogP contribution < -0.4 is 0 Å². The van der Waals surface area contributed by atoms with Gasteiger partial charge in [-0.1, -0.05) is 13.3 Å². The molecule has 0 radical (unpaired) electrons. The predicted molar refractivity (Wildman–Crippen MR) is 38.5 cm³/mol. The molecule has 0 amide bonds. The quantitative estimate of drug-likeness (QED) is 0.529. The molecular formula is C4H11IO2. The lowest BCUT2D eigenvalue weighted by Gasteiger charge is -1.94. The fraction of sp³-hybridized carbons (Fsp3) is 1.00. The van der Waals surface area contributed by atoms with Gasteiger partial charge in [0.1, 0.15) is 0 Å². The van der Waals surface area contributed by atoms with Gasteiger partial charge >= 0.3 is 0 Å². The molecule has 0 aromatic carbocycles. The Labute approximate surface area is 60.6 Å². The van der Waals surface area contributed by atoms with Crippen LogP contribution in [-0.4, -0.2) is 16.5 Å². The van der Waals surface area contributed by atoms with E-state index in [0.29, 0.717) is 6.42 Å². The first kappa shape index (κ1) is 10.6. The van der Waals surface area contributed by atoms with Crippen molar-refractivity contribution in [2.45, 2.75) is 26.1 Å². The maximum Gasteiger partial charge on any atom is 0.151 e. The number of rotatable bonds is 2. The Hall–Kier alpha value is 0.650. The molecule has 0 rings (SSSR count). The second-order valence-electron chi connectivity index (χ2n) is 1.27. The van der Waals surface area contributed by atoms with E-state index in [4.69, 9.17) is 10.2 Å². The summed E-state index contributed by atoms with van der Waals surface area (Å²) in [6, 6.07) is 0. The van der Waals surface area contributed by atoms with Crippen LogP contribution in [0.4, 0.5) is 0 Å². The van der Waals surface area contributed by atoms with Crippen LogP contribution in [0.3, 0.4) is 0 Å². The lowest BCUT2D eigenvalue weighted by Crippen LogP contribution is -2.01. The minimum absolute atomic E-state index is 0. The van der Waals surface area contributed by atoms with Crippen LogP contribution >= 0.6 is 24.0 Å². The minimum Gasteiger partial charge on any atom is -0.368 e. The number of halogens is 1. The molecule has 0 aromatic heterocycles. The molecule has 0 bridgehead atoms. The first-order chi connectivity index (χ1) is 2.77. The molecule has 0 aliphatic rings. The van der Waals surface area contributed by atoms with Crippen molar-refractivity contribution in [3.05, 3.63) is 0 Å². The van der Waals surface area contributed by atoms with Gasteiger partial charge in [0.05, 0.1) is 0 Å². The van der Waals surface area contributed by atoms with E-state index in [1.54, 1.807) is 0 Å². The van der Waals surface area contributed by atoms with E-state index in [0.717, 1.165) is 6.42 Å². The SMILES string of the molecule is CCCC(O)O.I. The summed E-state index contributed by atoms with van der Waals surface area (Å²) in [5.74, 6) is 0. The number of hydrogen-bond donors (Lipinski definition) is 2. The van der Waals surface area contributed by atoms with E-state index < -0.39 is 6.29 Å². The van der Waals surface area contributed by atoms with Crippen LogP contribution in [0.1, 0.15) is 19.8 Å². The Bertz CT molecular complexity index is 30.9. The van der Waals surface area contributed by atoms with Gasteiger partial charge in [-0.25, -0.2) is 0 Å². The highest BCUT2D eigenvalue weighted by Crippen LogP contribution is 1.88. The van der Waals surface area contributed by atoms with Gasteiger partial charge in [-0.2, -0.15) is 0 Å². The average molecular weight is 218 g/mol. The van der Waals surface area contributed by atoms with Gasteiger partial charge in [-0.15, -0.1) is 24.0 Å². The highest BCUT2D eigenvalue weighted by molar-refractivity contribution is 14.0. The molecule has 0 aliphatic carbocycles. The van der Waals surface area contributed by atoms with Gasteiger partial charge in [0.2, 0.25) is 0 Å². The van der Waals surface area contributed by atoms with Crippen molar-refractivity contribution in [2.24, 2.45) is 0 Å². The average Bonchev–Trinajstić information content (AvgIpc) is 1.35. The van der Waals surface area contributed by atoms with Gasteiger partial charge in [0.15, 0.2) is 6.29 Å². The van der Waals surface area contributed by atoms with Crippen LogP contribution in [0.15, 0.2) is 0 Å². The Morgan fingerprint density at radius 2 is 1.86 bits per heavy atom. The van der Waals surface area contributed by atoms with Gasteiger partial charge in [0, 0.05) is 0 Å². The lowest BCUT2D eigenvalue weighted by atomic mass is 10.3. The summed E-state index contributed by atoms with van der Waals surface area (Å²) in [5.41, 5.74) is 0. The van der Waals surface area contributed by atoms with E-state index >= 15 is 0 Å². The van der Waals surface area contributed by atoms with Crippen LogP contribution in [0, 0.1) is 0 Å². The molecule has 0 spiro atoms. The molecule has 46 valence electrons. The third kappa shape index (κ3) is 10.8. The largest absolute Gasteiger partial charge is 0.368 e. The van der Waals surface area contributed by atoms with E-state index in [1.165, 1.54) is 0 Å². The summed E-state index contributed by atoms with van der Waals surface area (Å²) in [5, 5.41) is 16.2. The van der Waals surface area contributed by atoms with Crippen LogP contribution in [0.2, 0.25) is 0 Å². The second-order valence-corrected chi connectivity index (χ2v) is 1.27. The standard InChI is InChI=1S/C4H10O2.HI/c1-2-3-4(5)6;/h4-6H,2-3H2,1H3;1H. The Kier molecular flexibility index (Phi) is 10.1. The molecule has 3 heteroatoms. The summed E-state index contributed by atoms with van der Waals surface area (Å²) >= 11 is 0. The van der Waals surface area contributed by atoms with Gasteiger partial charge in [-0.05, 0) is 6.42 Å². The zero-order valence-electron chi connectivity index (χ0n) is 4.29. The number of aliphatic hydroxyl groups is 2. The fourth-order valence-electron chi connectivity index (χ4n) is 0.258. The van der Waals surface area contributed by atoms with Crippen molar-refractivity contribution in [3.8, 4) is 0 Å². The molecule has 2 N–H and O–H groups in total. The van der Waals surface area contributed by atoms with E-state index in [2.05, 4.69) is 0 Å². The summed E-state index contributed by atoms with van der Waals surface area (Å²) in [4.78, 5) is 0. The second kappa shape index (κ2) is 6.65. The third-order valence-electron chi connectivity index (χ3n) is 0.547. The van der Waals surface area contributed by atoms with Crippen molar-refractivity contribution in [1.82, 2.24) is 0 Å². The highest BCUT2D eigenvalue weighted by Gasteiger charge is 1.89. The summed E-state index contributed by atoms with van der Waals surface area (Å²) < 4.78 is 0. The normalized spacial score (nSPS) is 8.57. The van der Waals surface area contributed by atoms with E-state index in [-0.39, 0.29) is 24.0 Å². The van der Waals surface area contributed by atoms with Gasteiger partial charge in [-0.3, -0.25) is 0 Å². The zero-order valence-corrected chi connectivity index (χ0v) is 6.62. The number of hydrogen-bond acceptors (Lipinski definition) is 2. The first-order valence-corrected chi connectivity index (χ1v) is 2.13. The van der Waals surface area contributed by atoms with E-state index in [1.807, 2.05) is 6.92 Å². The molecule has 0 aliphatic heterocycles. The molecule has 0 aromatic rings. The van der Waals surface area contributed by atoms with Crippen LogP contribution in [0.5, 0.6) is 0 Å². The maximum atomic E-state index is 8.11. The molecule has 2 nitrogen and oxygen atoms in total. The summed E-state index contributed by atoms with van der Waals surface area (Å²) in [6.45, 7) is 1.90. The maximum absolute atomic E-state index is 8.11. The zero-order chi connectivity index (χ0) is 4.99. The fourth-order valence-corrected chi connectivity index (χ4v) is 0.258. The van der Waals surface area contributed by atoms with Crippen molar-refractivity contribution >= 4 is 24.0 Å². The van der Waals surface area contributed by atoms with Crippen molar-refractivity contribution in [2.75, 3.05) is 0 Å². The molecule has 0 heterocycles. The lowest BCUT2D eigenvalue weighted by molar-refractivity contribution is -0.0453. The van der Waals surface area contributed by atoms with Crippen molar-refractivity contribution in [1.29, 1.82) is 0 Å². The topological polar surface area (TPSA) is 40.5 Å². The molecule has 7 heavy (non-hydrogen) atoms. The van der Waals surface area contributed by atoms with Crippen LogP contribution in [0.25, 0.3) is 0 Å². The molecule has 0 saturated carbocycles. The monoisotopic (exact) mass is 218 g/mol. The first-order valence-electron chi connectivity index (χ1n) is 2.13. The van der Waals surface area contributed by atoms with Crippen molar-refractivity contribution in [3.63, 3.8) is 0 Å². The molecule has 0 atom stereocenters. The van der Waals surface area contributed by atoms with E-state index in [9.17, 15) is 0 Å².